The number of hydrogen-bond acceptors (Lipinski definition) is 5. The van der Waals surface area contributed by atoms with E-state index in [1.807, 2.05) is 54.6 Å². The molecule has 0 fully saturated rings. The SMILES string of the molecule is CCc1ccc(OCC(=O)N(C)Cc2nc(-c3ccccc3)no2)cc1. The summed E-state index contributed by atoms with van der Waals surface area (Å²) >= 11 is 0. The first-order valence-corrected chi connectivity index (χ1v) is 8.49. The van der Waals surface area contributed by atoms with E-state index in [0.29, 0.717) is 17.5 Å². The molecule has 0 bridgehead atoms. The molecule has 0 N–H and O–H groups in total. The number of nitrogens with zero attached hydrogens (tertiary/aromatic N) is 3. The summed E-state index contributed by atoms with van der Waals surface area (Å²) in [7, 11) is 1.68. The number of rotatable bonds is 7. The quantitative estimate of drug-likeness (QED) is 0.653. The van der Waals surface area contributed by atoms with Gasteiger partial charge in [0.05, 0.1) is 6.54 Å². The third-order valence-electron chi connectivity index (χ3n) is 3.99. The summed E-state index contributed by atoms with van der Waals surface area (Å²) in [6.07, 6.45) is 0.969. The van der Waals surface area contributed by atoms with E-state index in [9.17, 15) is 4.79 Å². The molecule has 0 atom stereocenters. The molecule has 0 unspecified atom stereocenters. The predicted octanol–water partition coefficient (Wildman–Crippen LogP) is 3.34. The molecule has 0 radical (unpaired) electrons. The van der Waals surface area contributed by atoms with Crippen LogP contribution in [0, 0.1) is 0 Å². The zero-order chi connectivity index (χ0) is 18.4. The highest BCUT2D eigenvalue weighted by Crippen LogP contribution is 2.16. The van der Waals surface area contributed by atoms with E-state index in [-0.39, 0.29) is 19.1 Å². The van der Waals surface area contributed by atoms with Crippen LogP contribution in [-0.2, 0) is 17.8 Å². The van der Waals surface area contributed by atoms with Gasteiger partial charge in [-0.2, -0.15) is 4.98 Å². The molecule has 1 aromatic heterocycles. The second-order valence-corrected chi connectivity index (χ2v) is 5.91. The summed E-state index contributed by atoms with van der Waals surface area (Å²) in [5, 5.41) is 3.95. The first-order chi connectivity index (χ1) is 12.7. The van der Waals surface area contributed by atoms with Gasteiger partial charge in [-0.3, -0.25) is 4.79 Å². The number of amides is 1. The van der Waals surface area contributed by atoms with Crippen LogP contribution in [0.2, 0.25) is 0 Å². The van der Waals surface area contributed by atoms with E-state index in [1.54, 1.807) is 7.05 Å². The number of ether oxygens (including phenoxy) is 1. The van der Waals surface area contributed by atoms with Crippen molar-refractivity contribution in [1.29, 1.82) is 0 Å². The van der Waals surface area contributed by atoms with Crippen molar-refractivity contribution in [2.75, 3.05) is 13.7 Å². The third-order valence-corrected chi connectivity index (χ3v) is 3.99. The number of carbonyl (C=O) groups is 1. The van der Waals surface area contributed by atoms with E-state index in [1.165, 1.54) is 10.5 Å². The van der Waals surface area contributed by atoms with Gasteiger partial charge in [0.1, 0.15) is 5.75 Å². The number of carbonyl (C=O) groups excluding carboxylic acids is 1. The Bertz CT molecular complexity index is 844. The van der Waals surface area contributed by atoms with Crippen molar-refractivity contribution in [3.05, 3.63) is 66.1 Å². The van der Waals surface area contributed by atoms with Gasteiger partial charge in [-0.25, -0.2) is 0 Å². The largest absolute Gasteiger partial charge is 0.484 e. The van der Waals surface area contributed by atoms with Crippen LogP contribution in [-0.4, -0.2) is 34.6 Å². The van der Waals surface area contributed by atoms with Crippen LogP contribution in [0.4, 0.5) is 0 Å². The zero-order valence-corrected chi connectivity index (χ0v) is 14.9. The molecule has 2 aromatic carbocycles. The fourth-order valence-corrected chi connectivity index (χ4v) is 2.39. The maximum absolute atomic E-state index is 12.2. The topological polar surface area (TPSA) is 68.5 Å². The molecule has 0 saturated carbocycles. The molecule has 6 nitrogen and oxygen atoms in total. The van der Waals surface area contributed by atoms with Crippen LogP contribution in [0.15, 0.2) is 59.1 Å². The molecule has 3 rings (SSSR count). The van der Waals surface area contributed by atoms with Crippen molar-refractivity contribution in [3.8, 4) is 17.1 Å². The van der Waals surface area contributed by atoms with Gasteiger partial charge in [0.15, 0.2) is 6.61 Å². The van der Waals surface area contributed by atoms with E-state index < -0.39 is 0 Å². The van der Waals surface area contributed by atoms with Crippen molar-refractivity contribution in [1.82, 2.24) is 15.0 Å². The van der Waals surface area contributed by atoms with Crippen molar-refractivity contribution in [3.63, 3.8) is 0 Å². The first-order valence-electron chi connectivity index (χ1n) is 8.49. The number of hydrogen-bond donors (Lipinski definition) is 0. The Kier molecular flexibility index (Phi) is 5.63. The molecule has 0 spiro atoms. The number of likely N-dealkylation sites (N-methyl/N-ethyl adjacent to an activating group) is 1. The van der Waals surface area contributed by atoms with Crippen molar-refractivity contribution >= 4 is 5.91 Å². The Labute approximate surface area is 152 Å². The molecular weight excluding hydrogens is 330 g/mol. The highest BCUT2D eigenvalue weighted by molar-refractivity contribution is 5.77. The minimum atomic E-state index is -0.163. The fraction of sp³-hybridized carbons (Fsp3) is 0.250. The summed E-state index contributed by atoms with van der Waals surface area (Å²) < 4.78 is 10.8. The summed E-state index contributed by atoms with van der Waals surface area (Å²) in [6, 6.07) is 17.3. The van der Waals surface area contributed by atoms with E-state index in [0.717, 1.165) is 12.0 Å². The molecule has 1 amide bonds. The van der Waals surface area contributed by atoms with Gasteiger partial charge in [0, 0.05) is 12.6 Å². The van der Waals surface area contributed by atoms with Gasteiger partial charge in [-0.05, 0) is 24.1 Å². The lowest BCUT2D eigenvalue weighted by atomic mass is 10.2. The Morgan fingerprint density at radius 2 is 1.85 bits per heavy atom. The molecule has 0 aliphatic rings. The second kappa shape index (κ2) is 8.29. The van der Waals surface area contributed by atoms with Crippen LogP contribution in [0.5, 0.6) is 5.75 Å². The normalized spacial score (nSPS) is 10.5. The number of aromatic nitrogens is 2. The summed E-state index contributed by atoms with van der Waals surface area (Å²) in [5.41, 5.74) is 2.10. The number of benzene rings is 2. The molecular formula is C20H21N3O3. The van der Waals surface area contributed by atoms with Crippen LogP contribution < -0.4 is 4.74 Å². The average molecular weight is 351 g/mol. The van der Waals surface area contributed by atoms with E-state index in [4.69, 9.17) is 9.26 Å². The van der Waals surface area contributed by atoms with Gasteiger partial charge in [-0.15, -0.1) is 0 Å². The standard InChI is InChI=1S/C20H21N3O3/c1-3-15-9-11-17(12-10-15)25-14-19(24)23(2)13-18-21-20(22-26-18)16-7-5-4-6-8-16/h4-12H,3,13-14H2,1-2H3. The van der Waals surface area contributed by atoms with E-state index in [2.05, 4.69) is 17.1 Å². The van der Waals surface area contributed by atoms with Crippen molar-refractivity contribution in [2.45, 2.75) is 19.9 Å². The average Bonchev–Trinajstić information content (AvgIpc) is 3.15. The monoisotopic (exact) mass is 351 g/mol. The molecule has 26 heavy (non-hydrogen) atoms. The Morgan fingerprint density at radius 1 is 1.12 bits per heavy atom. The third kappa shape index (κ3) is 4.47. The highest BCUT2D eigenvalue weighted by Gasteiger charge is 2.15. The Morgan fingerprint density at radius 3 is 2.54 bits per heavy atom. The fourth-order valence-electron chi connectivity index (χ4n) is 2.39. The van der Waals surface area contributed by atoms with Crippen LogP contribution in [0.25, 0.3) is 11.4 Å². The Hall–Kier alpha value is -3.15. The van der Waals surface area contributed by atoms with Crippen LogP contribution >= 0.6 is 0 Å². The minimum absolute atomic E-state index is 0.0400. The maximum Gasteiger partial charge on any atom is 0.260 e. The Balaban J connectivity index is 1.53. The molecule has 0 aliphatic heterocycles. The minimum Gasteiger partial charge on any atom is -0.484 e. The van der Waals surface area contributed by atoms with Gasteiger partial charge in [-0.1, -0.05) is 54.5 Å². The predicted molar refractivity (Wildman–Crippen MR) is 97.5 cm³/mol. The van der Waals surface area contributed by atoms with Gasteiger partial charge >= 0.3 is 0 Å². The van der Waals surface area contributed by atoms with Gasteiger partial charge in [0.2, 0.25) is 11.7 Å². The smallest absolute Gasteiger partial charge is 0.260 e. The highest BCUT2D eigenvalue weighted by atomic mass is 16.5. The van der Waals surface area contributed by atoms with Gasteiger partial charge < -0.3 is 14.2 Å². The van der Waals surface area contributed by atoms with Crippen LogP contribution in [0.3, 0.4) is 0 Å². The molecule has 0 aliphatic carbocycles. The summed E-state index contributed by atoms with van der Waals surface area (Å²) in [5.74, 6) is 1.40. The van der Waals surface area contributed by atoms with Crippen LogP contribution in [0.1, 0.15) is 18.4 Å². The molecule has 0 saturated heterocycles. The zero-order valence-electron chi connectivity index (χ0n) is 14.9. The lowest BCUT2D eigenvalue weighted by molar-refractivity contribution is -0.132. The maximum atomic E-state index is 12.2. The number of aryl methyl sites for hydroxylation is 1. The summed E-state index contributed by atoms with van der Waals surface area (Å²) in [4.78, 5) is 18.1. The molecule has 134 valence electrons. The summed E-state index contributed by atoms with van der Waals surface area (Å²) in [6.45, 7) is 2.29. The van der Waals surface area contributed by atoms with Gasteiger partial charge in [0.25, 0.3) is 5.91 Å². The van der Waals surface area contributed by atoms with E-state index >= 15 is 0 Å². The van der Waals surface area contributed by atoms with Crippen molar-refractivity contribution < 1.29 is 14.1 Å². The lowest BCUT2D eigenvalue weighted by Gasteiger charge is -2.15. The first kappa shape index (κ1) is 17.7. The lowest BCUT2D eigenvalue weighted by Crippen LogP contribution is -2.31. The van der Waals surface area contributed by atoms with Crippen molar-refractivity contribution in [2.24, 2.45) is 0 Å². The second-order valence-electron chi connectivity index (χ2n) is 5.91. The molecule has 6 heteroatoms. The molecule has 3 aromatic rings. The molecule has 1 heterocycles.